The summed E-state index contributed by atoms with van der Waals surface area (Å²) in [6, 6.07) is 0. The molecular formula is C9H19O6PS. The van der Waals surface area contributed by atoms with Gasteiger partial charge in [-0.05, 0) is 12.8 Å². The van der Waals surface area contributed by atoms with Crippen LogP contribution in [0.25, 0.3) is 0 Å². The van der Waals surface area contributed by atoms with Crippen molar-refractivity contribution in [1.29, 1.82) is 0 Å². The number of rotatable bonds is 7. The molecule has 102 valence electrons. The van der Waals surface area contributed by atoms with Crippen molar-refractivity contribution in [2.24, 2.45) is 0 Å². The Balaban J connectivity index is 2.85. The van der Waals surface area contributed by atoms with E-state index in [0.29, 0.717) is 12.8 Å². The summed E-state index contributed by atoms with van der Waals surface area (Å²) in [7, 11) is -7.45. The molecule has 0 radical (unpaired) electrons. The van der Waals surface area contributed by atoms with Gasteiger partial charge in [-0.25, -0.2) is 0 Å². The first-order valence-corrected chi connectivity index (χ1v) is 8.81. The molecule has 1 rings (SSSR count). The van der Waals surface area contributed by atoms with E-state index in [4.69, 9.17) is 9.05 Å². The third kappa shape index (κ3) is 3.76. The Morgan fingerprint density at radius 2 is 1.76 bits per heavy atom. The van der Waals surface area contributed by atoms with E-state index >= 15 is 0 Å². The molecule has 1 saturated heterocycles. The first-order chi connectivity index (χ1) is 7.96. The fourth-order valence-electron chi connectivity index (χ4n) is 1.44. The first-order valence-electron chi connectivity index (χ1n) is 5.73. The Kier molecular flexibility index (Phi) is 5.60. The molecule has 6 nitrogen and oxygen atoms in total. The lowest BCUT2D eigenvalue weighted by molar-refractivity contribution is 0.202. The molecule has 1 unspecified atom stereocenters. The van der Waals surface area contributed by atoms with Crippen LogP contribution in [0.5, 0.6) is 0 Å². The van der Waals surface area contributed by atoms with E-state index in [1.165, 1.54) is 0 Å². The van der Waals surface area contributed by atoms with Crippen LogP contribution in [0, 0.1) is 0 Å². The van der Waals surface area contributed by atoms with Crippen LogP contribution in [0.15, 0.2) is 0 Å². The van der Waals surface area contributed by atoms with Gasteiger partial charge in [0.2, 0.25) is 0 Å². The molecule has 0 aliphatic carbocycles. The van der Waals surface area contributed by atoms with Crippen molar-refractivity contribution >= 4 is 17.7 Å². The highest BCUT2D eigenvalue weighted by molar-refractivity contribution is 7.95. The lowest BCUT2D eigenvalue weighted by atomic mass is 10.5. The number of hydrogen-bond acceptors (Lipinski definition) is 6. The van der Waals surface area contributed by atoms with Crippen LogP contribution in [-0.4, -0.2) is 33.2 Å². The summed E-state index contributed by atoms with van der Waals surface area (Å²) < 4.78 is 50.6. The van der Waals surface area contributed by atoms with Crippen molar-refractivity contribution in [3.8, 4) is 0 Å². The summed E-state index contributed by atoms with van der Waals surface area (Å²) in [5, 5.41) is 0. The monoisotopic (exact) mass is 286 g/mol. The van der Waals surface area contributed by atoms with Gasteiger partial charge in [0.25, 0.3) is 10.1 Å². The molecule has 0 aromatic heterocycles. The van der Waals surface area contributed by atoms with E-state index in [0.717, 1.165) is 0 Å². The third-order valence-corrected chi connectivity index (χ3v) is 7.24. The smallest absolute Gasteiger partial charge is 0.308 e. The van der Waals surface area contributed by atoms with Gasteiger partial charge in [-0.15, -0.1) is 0 Å². The van der Waals surface area contributed by atoms with Crippen LogP contribution < -0.4 is 0 Å². The van der Waals surface area contributed by atoms with Crippen LogP contribution in [-0.2, 0) is 27.9 Å². The minimum absolute atomic E-state index is 0.0436. The average Bonchev–Trinajstić information content (AvgIpc) is 2.64. The van der Waals surface area contributed by atoms with Gasteiger partial charge in [0.15, 0.2) is 4.99 Å². The Bertz CT molecular complexity index is 367. The molecule has 1 atom stereocenters. The molecular weight excluding hydrogens is 267 g/mol. The van der Waals surface area contributed by atoms with Crippen molar-refractivity contribution < 1.29 is 26.2 Å². The minimum Gasteiger partial charge on any atom is -0.308 e. The molecule has 0 bridgehead atoms. The van der Waals surface area contributed by atoms with E-state index in [1.807, 2.05) is 13.8 Å². The highest BCUT2D eigenvalue weighted by Crippen LogP contribution is 2.58. The van der Waals surface area contributed by atoms with Gasteiger partial charge in [0, 0.05) is 6.42 Å². The molecule has 17 heavy (non-hydrogen) atoms. The summed E-state index contributed by atoms with van der Waals surface area (Å²) in [4.78, 5) is -1.17. The zero-order chi connectivity index (χ0) is 12.9. The quantitative estimate of drug-likeness (QED) is 0.527. The molecule has 8 heteroatoms. The number of hydrogen-bond donors (Lipinski definition) is 0. The molecule has 0 saturated carbocycles. The average molecular weight is 286 g/mol. The lowest BCUT2D eigenvalue weighted by Crippen LogP contribution is -2.19. The van der Waals surface area contributed by atoms with Crippen LogP contribution in [0.2, 0.25) is 0 Å². The zero-order valence-electron chi connectivity index (χ0n) is 10.1. The Morgan fingerprint density at radius 1 is 1.24 bits per heavy atom. The van der Waals surface area contributed by atoms with Gasteiger partial charge in [0.05, 0.1) is 19.8 Å². The van der Waals surface area contributed by atoms with E-state index < -0.39 is 22.7 Å². The second kappa shape index (κ2) is 6.29. The van der Waals surface area contributed by atoms with Crippen molar-refractivity contribution in [3.05, 3.63) is 0 Å². The van der Waals surface area contributed by atoms with Gasteiger partial charge in [-0.3, -0.25) is 8.75 Å². The van der Waals surface area contributed by atoms with Gasteiger partial charge in [-0.1, -0.05) is 13.8 Å². The fraction of sp³-hybridized carbons (Fsp3) is 1.00. The Morgan fingerprint density at radius 3 is 2.12 bits per heavy atom. The summed E-state index contributed by atoms with van der Waals surface area (Å²) in [6.07, 6.45) is 1.45. The second-order valence-electron chi connectivity index (χ2n) is 3.76. The van der Waals surface area contributed by atoms with Crippen molar-refractivity contribution in [1.82, 2.24) is 0 Å². The van der Waals surface area contributed by atoms with Gasteiger partial charge in [0.1, 0.15) is 0 Å². The molecule has 0 aromatic rings. The molecule has 1 heterocycles. The van der Waals surface area contributed by atoms with Crippen LogP contribution in [0.4, 0.5) is 0 Å². The maximum absolute atomic E-state index is 12.4. The van der Waals surface area contributed by atoms with E-state index in [2.05, 4.69) is 4.18 Å². The maximum atomic E-state index is 12.4. The van der Waals surface area contributed by atoms with Gasteiger partial charge < -0.3 is 9.05 Å². The predicted molar refractivity (Wildman–Crippen MR) is 63.4 cm³/mol. The van der Waals surface area contributed by atoms with Crippen LogP contribution >= 0.6 is 7.60 Å². The highest BCUT2D eigenvalue weighted by atomic mass is 32.2. The molecule has 1 aliphatic heterocycles. The SMILES string of the molecule is CCCOP(=O)(OCCC)C1CCOS1(=O)=O. The highest BCUT2D eigenvalue weighted by Gasteiger charge is 2.49. The zero-order valence-corrected chi connectivity index (χ0v) is 11.8. The topological polar surface area (TPSA) is 78.9 Å². The first kappa shape index (κ1) is 15.1. The Labute approximate surface area is 102 Å². The van der Waals surface area contributed by atoms with Crippen LogP contribution in [0.1, 0.15) is 33.1 Å². The molecule has 1 fully saturated rings. The van der Waals surface area contributed by atoms with Crippen molar-refractivity contribution in [3.63, 3.8) is 0 Å². The fourth-order valence-corrected chi connectivity index (χ4v) is 5.83. The summed E-state index contributed by atoms with van der Waals surface area (Å²) >= 11 is 0. The maximum Gasteiger partial charge on any atom is 0.351 e. The van der Waals surface area contributed by atoms with Crippen molar-refractivity contribution in [2.75, 3.05) is 19.8 Å². The molecule has 0 aromatic carbocycles. The molecule has 0 spiro atoms. The molecule has 0 N–H and O–H groups in total. The van der Waals surface area contributed by atoms with Gasteiger partial charge in [-0.2, -0.15) is 8.42 Å². The van der Waals surface area contributed by atoms with Crippen molar-refractivity contribution in [2.45, 2.75) is 38.1 Å². The third-order valence-electron chi connectivity index (χ3n) is 2.25. The lowest BCUT2D eigenvalue weighted by Gasteiger charge is -2.21. The summed E-state index contributed by atoms with van der Waals surface area (Å²) in [5.41, 5.74) is 0. The predicted octanol–water partition coefficient (Wildman–Crippen LogP) is 2.11. The van der Waals surface area contributed by atoms with E-state index in [-0.39, 0.29) is 26.2 Å². The van der Waals surface area contributed by atoms with E-state index in [9.17, 15) is 13.0 Å². The summed E-state index contributed by atoms with van der Waals surface area (Å²) in [5.74, 6) is 0. The second-order valence-corrected chi connectivity index (χ2v) is 8.12. The molecule has 0 amide bonds. The van der Waals surface area contributed by atoms with E-state index in [1.54, 1.807) is 0 Å². The largest absolute Gasteiger partial charge is 0.351 e. The standard InChI is InChI=1S/C9H19O6PS/c1-3-6-13-16(10,14-7-4-2)9-5-8-15-17(9,11)12/h9H,3-8H2,1-2H3. The van der Waals surface area contributed by atoms with Gasteiger partial charge >= 0.3 is 7.60 Å². The minimum atomic E-state index is -3.82. The normalized spacial score (nSPS) is 24.0. The van der Waals surface area contributed by atoms with Crippen LogP contribution in [0.3, 0.4) is 0 Å². The summed E-state index contributed by atoms with van der Waals surface area (Å²) in [6.45, 7) is 4.18. The Hall–Kier alpha value is 0.0600. The molecule has 1 aliphatic rings.